The molecule has 6 aromatic rings. The van der Waals surface area contributed by atoms with E-state index in [0.717, 1.165) is 19.3 Å². The van der Waals surface area contributed by atoms with E-state index in [9.17, 15) is 0 Å². The average Bonchev–Trinajstić information content (AvgIpc) is 3.67. The smallest absolute Gasteiger partial charge is 0.0556 e. The molecule has 0 aliphatic heterocycles. The van der Waals surface area contributed by atoms with Crippen LogP contribution in [0.25, 0.3) is 44.2 Å². The lowest BCUT2D eigenvalue weighted by molar-refractivity contribution is 0.403. The summed E-state index contributed by atoms with van der Waals surface area (Å²) in [5.41, 5.74) is 14.7. The Morgan fingerprint density at radius 1 is 0.679 bits per heavy atom. The zero-order valence-corrected chi connectivity index (χ0v) is 30.5. The molecule has 53 heavy (non-hydrogen) atoms. The molecule has 0 saturated heterocycles. The van der Waals surface area contributed by atoms with Crippen molar-refractivity contribution in [1.29, 1.82) is 0 Å². The number of anilines is 1. The van der Waals surface area contributed by atoms with Crippen LogP contribution in [0, 0.1) is 11.8 Å². The van der Waals surface area contributed by atoms with Gasteiger partial charge in [0, 0.05) is 33.8 Å². The zero-order valence-electron chi connectivity index (χ0n) is 30.5. The van der Waals surface area contributed by atoms with Gasteiger partial charge in [0.05, 0.1) is 17.1 Å². The highest BCUT2D eigenvalue weighted by Crippen LogP contribution is 2.54. The molecule has 2 heteroatoms. The van der Waals surface area contributed by atoms with Crippen molar-refractivity contribution in [2.24, 2.45) is 11.8 Å². The second-order valence-electron chi connectivity index (χ2n) is 15.7. The Kier molecular flexibility index (Phi) is 7.61. The first kappa shape index (κ1) is 31.8. The summed E-state index contributed by atoms with van der Waals surface area (Å²) < 4.78 is 2.39. The minimum atomic E-state index is 0.0794. The van der Waals surface area contributed by atoms with Gasteiger partial charge in [0.25, 0.3) is 0 Å². The van der Waals surface area contributed by atoms with Crippen LogP contribution in [0.1, 0.15) is 44.2 Å². The van der Waals surface area contributed by atoms with Gasteiger partial charge < -0.3 is 9.47 Å². The standard InChI is InChI=1S/C51H44N2/c1-51(2)47-19-11-9-17-43(47)44-31-30-42(34-48(44)51)52(40-26-21-36(22-27-40)35-13-5-3-6-14-35)41-28-23-37(24-29-41)38-25-32-50-46(33-38)45-18-10-12-20-49(45)53(50)39-15-7-4-8-16-39/h3-13,15-26,28-33,35,40,48H,14,27,34H2,1-2H3. The van der Waals surface area contributed by atoms with Gasteiger partial charge in [-0.1, -0.05) is 141 Å². The Morgan fingerprint density at radius 2 is 1.45 bits per heavy atom. The molecule has 3 unspecified atom stereocenters. The highest BCUT2D eigenvalue weighted by molar-refractivity contribution is 6.10. The molecule has 1 heterocycles. The molecule has 3 atom stereocenters. The predicted molar refractivity (Wildman–Crippen MR) is 224 cm³/mol. The maximum absolute atomic E-state index is 2.63. The van der Waals surface area contributed by atoms with Crippen molar-refractivity contribution in [2.45, 2.75) is 44.6 Å². The third kappa shape index (κ3) is 5.31. The highest BCUT2D eigenvalue weighted by Gasteiger charge is 2.44. The number of rotatable bonds is 6. The Bertz CT molecular complexity index is 2570. The average molecular weight is 685 g/mol. The van der Waals surface area contributed by atoms with Gasteiger partial charge in [-0.3, -0.25) is 0 Å². The van der Waals surface area contributed by atoms with Crippen LogP contribution in [-0.2, 0) is 5.41 Å². The summed E-state index contributed by atoms with van der Waals surface area (Å²) in [4.78, 5) is 2.63. The van der Waals surface area contributed by atoms with Gasteiger partial charge in [-0.2, -0.15) is 0 Å². The van der Waals surface area contributed by atoms with Crippen molar-refractivity contribution >= 4 is 33.1 Å². The lowest BCUT2D eigenvalue weighted by Gasteiger charge is -2.40. The predicted octanol–water partition coefficient (Wildman–Crippen LogP) is 12.9. The fraction of sp³-hybridized carbons (Fsp3) is 0.176. The van der Waals surface area contributed by atoms with E-state index in [0.29, 0.717) is 11.8 Å². The summed E-state index contributed by atoms with van der Waals surface area (Å²) >= 11 is 0. The maximum Gasteiger partial charge on any atom is 0.0556 e. The highest BCUT2D eigenvalue weighted by atomic mass is 15.2. The Morgan fingerprint density at radius 3 is 2.26 bits per heavy atom. The summed E-state index contributed by atoms with van der Waals surface area (Å²) in [7, 11) is 0. The molecule has 0 spiro atoms. The van der Waals surface area contributed by atoms with E-state index in [4.69, 9.17) is 0 Å². The first-order valence-corrected chi connectivity index (χ1v) is 19.2. The van der Waals surface area contributed by atoms with Gasteiger partial charge in [0.1, 0.15) is 0 Å². The molecule has 258 valence electrons. The van der Waals surface area contributed by atoms with Crippen LogP contribution in [0.2, 0.25) is 0 Å². The van der Waals surface area contributed by atoms with Crippen molar-refractivity contribution in [1.82, 2.24) is 4.57 Å². The van der Waals surface area contributed by atoms with Gasteiger partial charge in [0.15, 0.2) is 0 Å². The number of aromatic nitrogens is 1. The van der Waals surface area contributed by atoms with Crippen molar-refractivity contribution in [3.63, 3.8) is 0 Å². The van der Waals surface area contributed by atoms with E-state index in [2.05, 4.69) is 199 Å². The number of fused-ring (bicyclic) bond motifs is 6. The fourth-order valence-electron chi connectivity index (χ4n) is 9.59. The molecule has 4 aliphatic carbocycles. The molecule has 0 bridgehead atoms. The number of para-hydroxylation sites is 2. The summed E-state index contributed by atoms with van der Waals surface area (Å²) in [6.07, 6.45) is 24.3. The SMILES string of the molecule is CC1(C)c2ccccc2C2=CC=C(N(c3ccc(-c4ccc5c(c4)c4ccccc4n5-c4ccccc4)cc3)C3C=CC(C4C=CC=CC4)=CC3)CC21. The van der Waals surface area contributed by atoms with Crippen molar-refractivity contribution in [3.05, 3.63) is 198 Å². The van der Waals surface area contributed by atoms with E-state index < -0.39 is 0 Å². The fourth-order valence-corrected chi connectivity index (χ4v) is 9.59. The topological polar surface area (TPSA) is 8.17 Å². The molecule has 2 nitrogen and oxygen atoms in total. The summed E-state index contributed by atoms with van der Waals surface area (Å²) in [5, 5.41) is 2.56. The lowest BCUT2D eigenvalue weighted by Crippen LogP contribution is -2.37. The summed E-state index contributed by atoms with van der Waals surface area (Å²) in [6, 6.07) is 45.1. The van der Waals surface area contributed by atoms with Crippen LogP contribution in [-0.4, -0.2) is 10.6 Å². The maximum atomic E-state index is 2.63. The Hall–Kier alpha value is -5.86. The quantitative estimate of drug-likeness (QED) is 0.170. The first-order valence-electron chi connectivity index (χ1n) is 19.2. The summed E-state index contributed by atoms with van der Waals surface area (Å²) in [5.74, 6) is 0.922. The van der Waals surface area contributed by atoms with Gasteiger partial charge >= 0.3 is 0 Å². The molecule has 0 saturated carbocycles. The van der Waals surface area contributed by atoms with Crippen molar-refractivity contribution < 1.29 is 0 Å². The van der Waals surface area contributed by atoms with E-state index in [1.807, 2.05) is 0 Å². The molecule has 0 amide bonds. The number of hydrogen-bond acceptors (Lipinski definition) is 1. The van der Waals surface area contributed by atoms with Crippen LogP contribution in [0.5, 0.6) is 0 Å². The third-order valence-electron chi connectivity index (χ3n) is 12.4. The van der Waals surface area contributed by atoms with Crippen LogP contribution in [0.3, 0.4) is 0 Å². The molecule has 5 aromatic carbocycles. The number of allylic oxidation sites excluding steroid dienone is 10. The van der Waals surface area contributed by atoms with E-state index in [1.165, 1.54) is 72.3 Å². The van der Waals surface area contributed by atoms with Gasteiger partial charge in [-0.15, -0.1) is 0 Å². The Balaban J connectivity index is 1.02. The molecule has 10 rings (SSSR count). The van der Waals surface area contributed by atoms with Gasteiger partial charge in [-0.25, -0.2) is 0 Å². The van der Waals surface area contributed by atoms with Crippen LogP contribution < -0.4 is 4.90 Å². The Labute approximate surface area is 313 Å². The van der Waals surface area contributed by atoms with Crippen LogP contribution in [0.4, 0.5) is 5.69 Å². The van der Waals surface area contributed by atoms with Crippen molar-refractivity contribution in [2.75, 3.05) is 4.90 Å². The largest absolute Gasteiger partial charge is 0.338 e. The monoisotopic (exact) mass is 684 g/mol. The molecular formula is C51H44N2. The molecule has 4 aliphatic rings. The second-order valence-corrected chi connectivity index (χ2v) is 15.7. The minimum absolute atomic E-state index is 0.0794. The number of benzene rings is 5. The summed E-state index contributed by atoms with van der Waals surface area (Å²) in [6.45, 7) is 4.88. The van der Waals surface area contributed by atoms with Crippen LogP contribution in [0.15, 0.2) is 187 Å². The van der Waals surface area contributed by atoms with E-state index in [-0.39, 0.29) is 11.5 Å². The normalized spacial score (nSPS) is 21.2. The first-order chi connectivity index (χ1) is 26.0. The second kappa shape index (κ2) is 12.7. The zero-order chi connectivity index (χ0) is 35.5. The number of nitrogens with zero attached hydrogens (tertiary/aromatic N) is 2. The van der Waals surface area contributed by atoms with Crippen LogP contribution >= 0.6 is 0 Å². The van der Waals surface area contributed by atoms with E-state index in [1.54, 1.807) is 0 Å². The number of hydrogen-bond donors (Lipinski definition) is 0. The molecule has 0 radical (unpaired) electrons. The molecule has 0 fully saturated rings. The van der Waals surface area contributed by atoms with Crippen molar-refractivity contribution in [3.8, 4) is 16.8 Å². The molecular weight excluding hydrogens is 641 g/mol. The van der Waals surface area contributed by atoms with Gasteiger partial charge in [-0.05, 0) is 113 Å². The molecule has 0 N–H and O–H groups in total. The molecule has 1 aromatic heterocycles. The third-order valence-corrected chi connectivity index (χ3v) is 12.4. The van der Waals surface area contributed by atoms with Gasteiger partial charge in [0.2, 0.25) is 0 Å². The lowest BCUT2D eigenvalue weighted by atomic mass is 9.73. The van der Waals surface area contributed by atoms with E-state index >= 15 is 0 Å². The minimum Gasteiger partial charge on any atom is -0.338 e.